The van der Waals surface area contributed by atoms with Gasteiger partial charge in [-0.1, -0.05) is 29.8 Å². The average Bonchev–Trinajstić information content (AvgIpc) is 3.04. The third-order valence-electron chi connectivity index (χ3n) is 4.06. The van der Waals surface area contributed by atoms with E-state index in [0.29, 0.717) is 13.3 Å². The molecule has 2 N–H and O–H groups in total. The van der Waals surface area contributed by atoms with Crippen molar-refractivity contribution < 1.29 is 9.47 Å². The molecule has 1 heterocycles. The maximum Gasteiger partial charge on any atom is 0.231 e. The normalized spacial score (nSPS) is 12.5. The molecule has 0 radical (unpaired) electrons. The Hall–Kier alpha value is -1.96. The van der Waals surface area contributed by atoms with E-state index in [9.17, 15) is 0 Å². The molecule has 134 valence electrons. The third kappa shape index (κ3) is 5.01. The number of benzene rings is 2. The lowest BCUT2D eigenvalue weighted by Crippen LogP contribution is -2.36. The minimum atomic E-state index is 0. The first-order valence-electron chi connectivity index (χ1n) is 8.05. The first kappa shape index (κ1) is 19.4. The van der Waals surface area contributed by atoms with Crippen molar-refractivity contribution in [3.8, 4) is 11.5 Å². The lowest BCUT2D eigenvalue weighted by molar-refractivity contribution is 0.174. The lowest BCUT2D eigenvalue weighted by Gasteiger charge is -2.14. The van der Waals surface area contributed by atoms with Gasteiger partial charge in [0.2, 0.25) is 6.79 Å². The van der Waals surface area contributed by atoms with Gasteiger partial charge in [-0.2, -0.15) is 0 Å². The number of halogens is 1. The smallest absolute Gasteiger partial charge is 0.231 e. The predicted molar refractivity (Wildman–Crippen MR) is 111 cm³/mol. The van der Waals surface area contributed by atoms with Gasteiger partial charge < -0.3 is 20.1 Å². The van der Waals surface area contributed by atoms with Crippen LogP contribution in [0.25, 0.3) is 0 Å². The molecule has 0 fully saturated rings. The summed E-state index contributed by atoms with van der Waals surface area (Å²) in [6.07, 6.45) is 0. The molecule has 0 spiro atoms. The first-order chi connectivity index (χ1) is 11.7. The highest BCUT2D eigenvalue weighted by atomic mass is 127. The SMILES string of the molecule is CN=C(NCc1ccc2c(c1)OCO2)NCc1ccc(C)cc1C.I. The molecule has 0 amide bonds. The Kier molecular flexibility index (Phi) is 6.92. The van der Waals surface area contributed by atoms with Crippen molar-refractivity contribution in [2.24, 2.45) is 4.99 Å². The average molecular weight is 453 g/mol. The van der Waals surface area contributed by atoms with Crippen LogP contribution in [-0.4, -0.2) is 19.8 Å². The molecule has 0 saturated carbocycles. The molecule has 1 aliphatic heterocycles. The summed E-state index contributed by atoms with van der Waals surface area (Å²) in [5.74, 6) is 2.37. The topological polar surface area (TPSA) is 54.9 Å². The van der Waals surface area contributed by atoms with E-state index < -0.39 is 0 Å². The van der Waals surface area contributed by atoms with Gasteiger partial charge >= 0.3 is 0 Å². The number of fused-ring (bicyclic) bond motifs is 1. The van der Waals surface area contributed by atoms with E-state index in [4.69, 9.17) is 9.47 Å². The summed E-state index contributed by atoms with van der Waals surface area (Å²) >= 11 is 0. The van der Waals surface area contributed by atoms with E-state index in [2.05, 4.69) is 47.7 Å². The van der Waals surface area contributed by atoms with E-state index >= 15 is 0 Å². The van der Waals surface area contributed by atoms with Crippen molar-refractivity contribution >= 4 is 29.9 Å². The molecular weight excluding hydrogens is 429 g/mol. The van der Waals surface area contributed by atoms with Gasteiger partial charge in [0, 0.05) is 20.1 Å². The van der Waals surface area contributed by atoms with Gasteiger partial charge in [-0.3, -0.25) is 4.99 Å². The molecule has 0 bridgehead atoms. The summed E-state index contributed by atoms with van der Waals surface area (Å²) in [4.78, 5) is 4.28. The highest BCUT2D eigenvalue weighted by molar-refractivity contribution is 14.0. The summed E-state index contributed by atoms with van der Waals surface area (Å²) in [5, 5.41) is 6.67. The van der Waals surface area contributed by atoms with Crippen LogP contribution in [0.3, 0.4) is 0 Å². The van der Waals surface area contributed by atoms with E-state index in [1.807, 2.05) is 18.2 Å². The van der Waals surface area contributed by atoms with Gasteiger partial charge in [-0.05, 0) is 42.7 Å². The Bertz CT molecular complexity index is 762. The molecule has 0 aromatic heterocycles. The molecule has 2 aromatic rings. The van der Waals surface area contributed by atoms with Gasteiger partial charge in [-0.15, -0.1) is 24.0 Å². The summed E-state index contributed by atoms with van der Waals surface area (Å²) in [7, 11) is 1.77. The third-order valence-corrected chi connectivity index (χ3v) is 4.06. The minimum Gasteiger partial charge on any atom is -0.454 e. The first-order valence-corrected chi connectivity index (χ1v) is 8.05. The molecule has 6 heteroatoms. The zero-order valence-electron chi connectivity index (χ0n) is 14.8. The number of nitrogens with one attached hydrogen (secondary N) is 2. The molecule has 1 aliphatic rings. The van der Waals surface area contributed by atoms with Gasteiger partial charge in [-0.25, -0.2) is 0 Å². The van der Waals surface area contributed by atoms with Crippen molar-refractivity contribution in [1.29, 1.82) is 0 Å². The number of nitrogens with zero attached hydrogens (tertiary/aromatic N) is 1. The van der Waals surface area contributed by atoms with Crippen LogP contribution in [0.2, 0.25) is 0 Å². The quantitative estimate of drug-likeness (QED) is 0.423. The Morgan fingerprint density at radius 1 is 1.00 bits per heavy atom. The number of hydrogen-bond donors (Lipinski definition) is 2. The number of guanidine groups is 1. The Labute approximate surface area is 165 Å². The van der Waals surface area contributed by atoms with Gasteiger partial charge in [0.05, 0.1) is 0 Å². The van der Waals surface area contributed by atoms with Crippen LogP contribution in [0.15, 0.2) is 41.4 Å². The Morgan fingerprint density at radius 2 is 1.76 bits per heavy atom. The zero-order valence-corrected chi connectivity index (χ0v) is 17.1. The summed E-state index contributed by atoms with van der Waals surface area (Å²) in [6, 6.07) is 12.4. The molecule has 0 atom stereocenters. The van der Waals surface area contributed by atoms with Crippen LogP contribution >= 0.6 is 24.0 Å². The van der Waals surface area contributed by atoms with Crippen LogP contribution in [-0.2, 0) is 13.1 Å². The van der Waals surface area contributed by atoms with Crippen molar-refractivity contribution in [1.82, 2.24) is 10.6 Å². The Balaban J connectivity index is 0.00000225. The maximum atomic E-state index is 5.40. The molecule has 0 unspecified atom stereocenters. The Morgan fingerprint density at radius 3 is 2.52 bits per heavy atom. The fraction of sp³-hybridized carbons (Fsp3) is 0.316. The number of hydrogen-bond acceptors (Lipinski definition) is 3. The summed E-state index contributed by atoms with van der Waals surface area (Å²) < 4.78 is 10.7. The fourth-order valence-electron chi connectivity index (χ4n) is 2.68. The van der Waals surface area contributed by atoms with E-state index in [0.717, 1.165) is 29.6 Å². The zero-order chi connectivity index (χ0) is 16.9. The highest BCUT2D eigenvalue weighted by Gasteiger charge is 2.13. The second-order valence-electron chi connectivity index (χ2n) is 5.90. The van der Waals surface area contributed by atoms with Crippen molar-refractivity contribution in [2.75, 3.05) is 13.8 Å². The van der Waals surface area contributed by atoms with Crippen molar-refractivity contribution in [2.45, 2.75) is 26.9 Å². The molecule has 25 heavy (non-hydrogen) atoms. The molecule has 3 rings (SSSR count). The van der Waals surface area contributed by atoms with Gasteiger partial charge in [0.15, 0.2) is 17.5 Å². The van der Waals surface area contributed by atoms with Gasteiger partial charge in [0.25, 0.3) is 0 Å². The second kappa shape index (κ2) is 8.94. The van der Waals surface area contributed by atoms with Crippen molar-refractivity contribution in [3.05, 3.63) is 58.7 Å². The molecule has 0 saturated heterocycles. The number of aryl methyl sites for hydroxylation is 2. The maximum absolute atomic E-state index is 5.40. The molecular formula is C19H24IN3O2. The van der Waals surface area contributed by atoms with Gasteiger partial charge in [0.1, 0.15) is 0 Å². The second-order valence-corrected chi connectivity index (χ2v) is 5.90. The van der Waals surface area contributed by atoms with Crippen LogP contribution in [0.5, 0.6) is 11.5 Å². The number of rotatable bonds is 4. The molecule has 2 aromatic carbocycles. The fourth-order valence-corrected chi connectivity index (χ4v) is 2.68. The predicted octanol–water partition coefficient (Wildman–Crippen LogP) is 3.52. The number of aliphatic imine (C=N–C) groups is 1. The molecule has 0 aliphatic carbocycles. The molecule has 5 nitrogen and oxygen atoms in total. The largest absolute Gasteiger partial charge is 0.454 e. The van der Waals surface area contributed by atoms with E-state index in [-0.39, 0.29) is 24.0 Å². The minimum absolute atomic E-state index is 0. The van der Waals surface area contributed by atoms with Crippen molar-refractivity contribution in [3.63, 3.8) is 0 Å². The monoisotopic (exact) mass is 453 g/mol. The highest BCUT2D eigenvalue weighted by Crippen LogP contribution is 2.32. The van der Waals surface area contributed by atoms with Crippen LogP contribution < -0.4 is 20.1 Å². The van der Waals surface area contributed by atoms with E-state index in [1.54, 1.807) is 7.05 Å². The van der Waals surface area contributed by atoms with Crippen LogP contribution in [0.1, 0.15) is 22.3 Å². The van der Waals surface area contributed by atoms with Crippen LogP contribution in [0, 0.1) is 13.8 Å². The lowest BCUT2D eigenvalue weighted by atomic mass is 10.1. The standard InChI is InChI=1S/C19H23N3O2.HI/c1-13-4-6-16(14(2)8-13)11-22-19(20-3)21-10-15-5-7-17-18(9-15)24-12-23-17;/h4-9H,10-12H2,1-3H3,(H2,20,21,22);1H. The van der Waals surface area contributed by atoms with E-state index in [1.165, 1.54) is 16.7 Å². The van der Waals surface area contributed by atoms with Crippen LogP contribution in [0.4, 0.5) is 0 Å². The summed E-state index contributed by atoms with van der Waals surface area (Å²) in [5.41, 5.74) is 4.95. The number of ether oxygens (including phenoxy) is 2. The summed E-state index contributed by atoms with van der Waals surface area (Å²) in [6.45, 7) is 5.95.